The third kappa shape index (κ3) is 1.90. The Hall–Kier alpha value is -2.11. The minimum atomic E-state index is 0.183. The molecule has 94 valence electrons. The molecule has 0 atom stereocenters. The summed E-state index contributed by atoms with van der Waals surface area (Å²) in [6.07, 6.45) is 7.62. The number of nitrogens with zero attached hydrogens (tertiary/aromatic N) is 4. The van der Waals surface area contributed by atoms with Crippen LogP contribution in [-0.4, -0.2) is 19.7 Å². The highest BCUT2D eigenvalue weighted by molar-refractivity contribution is 5.42. The number of hydrogen-bond acceptors (Lipinski definition) is 5. The zero-order chi connectivity index (χ0) is 12.5. The topological polar surface area (TPSA) is 95.6 Å². The Morgan fingerprint density at radius 1 is 1.11 bits per heavy atom. The van der Waals surface area contributed by atoms with Crippen LogP contribution in [0.3, 0.4) is 0 Å². The van der Waals surface area contributed by atoms with Crippen molar-refractivity contribution in [3.8, 4) is 5.69 Å². The number of rotatable bonds is 1. The molecule has 4 N–H and O–H groups in total. The van der Waals surface area contributed by atoms with Gasteiger partial charge in [-0.2, -0.15) is 9.67 Å². The molecule has 0 fully saturated rings. The lowest BCUT2D eigenvalue weighted by molar-refractivity contribution is 0.708. The summed E-state index contributed by atoms with van der Waals surface area (Å²) in [5.41, 5.74) is 14.6. The van der Waals surface area contributed by atoms with Crippen molar-refractivity contribution in [1.82, 2.24) is 19.7 Å². The van der Waals surface area contributed by atoms with Crippen LogP contribution in [0.4, 0.5) is 11.9 Å². The zero-order valence-electron chi connectivity index (χ0n) is 10.1. The summed E-state index contributed by atoms with van der Waals surface area (Å²) >= 11 is 0. The summed E-state index contributed by atoms with van der Waals surface area (Å²) in [6.45, 7) is 0. The summed E-state index contributed by atoms with van der Waals surface area (Å²) in [6, 6.07) is 2.10. The van der Waals surface area contributed by atoms with Gasteiger partial charge in [-0.1, -0.05) is 6.42 Å². The Bertz CT molecular complexity index is 574. The molecular formula is C12H16N6. The monoisotopic (exact) mass is 244 g/mol. The average molecular weight is 244 g/mol. The normalized spacial score (nSPS) is 15.1. The van der Waals surface area contributed by atoms with Gasteiger partial charge in [0.15, 0.2) is 0 Å². The quantitative estimate of drug-likeness (QED) is 0.732. The third-order valence-corrected chi connectivity index (χ3v) is 3.30. The molecule has 0 saturated heterocycles. The van der Waals surface area contributed by atoms with Crippen LogP contribution in [0.15, 0.2) is 12.3 Å². The van der Waals surface area contributed by atoms with E-state index in [1.54, 1.807) is 6.20 Å². The summed E-state index contributed by atoms with van der Waals surface area (Å²) in [5, 5.41) is 4.07. The molecule has 2 aromatic heterocycles. The molecule has 0 aliphatic heterocycles. The molecule has 6 heteroatoms. The van der Waals surface area contributed by atoms with E-state index in [0.29, 0.717) is 5.95 Å². The summed E-state index contributed by atoms with van der Waals surface area (Å²) in [4.78, 5) is 8.42. The van der Waals surface area contributed by atoms with Crippen molar-refractivity contribution < 1.29 is 0 Å². The highest BCUT2D eigenvalue weighted by Crippen LogP contribution is 2.21. The number of hydrogen-bond donors (Lipinski definition) is 2. The van der Waals surface area contributed by atoms with Gasteiger partial charge in [-0.25, -0.2) is 0 Å². The van der Waals surface area contributed by atoms with Crippen molar-refractivity contribution >= 4 is 11.9 Å². The van der Waals surface area contributed by atoms with Crippen LogP contribution in [-0.2, 0) is 12.8 Å². The molecule has 2 heterocycles. The zero-order valence-corrected chi connectivity index (χ0v) is 10.1. The molecule has 0 saturated carbocycles. The number of fused-ring (bicyclic) bond motifs is 1. The van der Waals surface area contributed by atoms with E-state index in [1.165, 1.54) is 35.2 Å². The Morgan fingerprint density at radius 2 is 1.94 bits per heavy atom. The Balaban J connectivity index is 2.04. The van der Waals surface area contributed by atoms with Crippen molar-refractivity contribution in [3.05, 3.63) is 23.5 Å². The van der Waals surface area contributed by atoms with Crippen molar-refractivity contribution in [2.75, 3.05) is 11.5 Å². The van der Waals surface area contributed by atoms with Crippen molar-refractivity contribution in [2.24, 2.45) is 0 Å². The van der Waals surface area contributed by atoms with Gasteiger partial charge in [-0.3, -0.25) is 4.98 Å². The Labute approximate surface area is 105 Å². The van der Waals surface area contributed by atoms with Crippen LogP contribution in [0, 0.1) is 0 Å². The highest BCUT2D eigenvalue weighted by Gasteiger charge is 2.12. The standard InChI is InChI=1S/C12H16N6/c13-11-16-12(14)18(17-11)9-6-8-4-2-1-3-5-10(8)15-7-9/h6-7H,1-5H2,(H4,13,14,16,17). The number of nitrogen functional groups attached to an aromatic ring is 2. The van der Waals surface area contributed by atoms with E-state index in [2.05, 4.69) is 21.1 Å². The molecular weight excluding hydrogens is 228 g/mol. The first-order valence-corrected chi connectivity index (χ1v) is 6.20. The number of pyridine rings is 1. The van der Waals surface area contributed by atoms with E-state index >= 15 is 0 Å². The molecule has 6 nitrogen and oxygen atoms in total. The molecule has 0 spiro atoms. The number of aromatic nitrogens is 4. The van der Waals surface area contributed by atoms with Crippen LogP contribution < -0.4 is 11.5 Å². The lowest BCUT2D eigenvalue weighted by Crippen LogP contribution is -2.05. The first-order chi connectivity index (χ1) is 8.74. The minimum absolute atomic E-state index is 0.183. The lowest BCUT2D eigenvalue weighted by atomic mass is 10.1. The van der Waals surface area contributed by atoms with Gasteiger partial charge in [0.2, 0.25) is 11.9 Å². The second kappa shape index (κ2) is 4.29. The van der Waals surface area contributed by atoms with Gasteiger partial charge in [0.1, 0.15) is 0 Å². The van der Waals surface area contributed by atoms with Gasteiger partial charge in [0, 0.05) is 5.69 Å². The summed E-state index contributed by atoms with van der Waals surface area (Å²) in [5.74, 6) is 0.477. The SMILES string of the molecule is Nc1nc(N)n(-c2cnc3c(c2)CCCCC3)n1. The molecule has 2 aromatic rings. The predicted octanol–water partition coefficient (Wildman–Crippen LogP) is 1.10. The fourth-order valence-electron chi connectivity index (χ4n) is 2.40. The molecule has 0 bridgehead atoms. The smallest absolute Gasteiger partial charge is 0.241 e. The minimum Gasteiger partial charge on any atom is -0.368 e. The van der Waals surface area contributed by atoms with Crippen molar-refractivity contribution in [2.45, 2.75) is 32.1 Å². The van der Waals surface area contributed by atoms with Crippen LogP contribution in [0.2, 0.25) is 0 Å². The van der Waals surface area contributed by atoms with E-state index in [9.17, 15) is 0 Å². The number of nitrogens with two attached hydrogens (primary N) is 2. The summed E-state index contributed by atoms with van der Waals surface area (Å²) in [7, 11) is 0. The van der Waals surface area contributed by atoms with Gasteiger partial charge < -0.3 is 11.5 Å². The Morgan fingerprint density at radius 3 is 2.72 bits per heavy atom. The molecule has 0 radical (unpaired) electrons. The Kier molecular flexibility index (Phi) is 2.62. The second-order valence-electron chi connectivity index (χ2n) is 4.60. The average Bonchev–Trinajstić information content (AvgIpc) is 2.58. The molecule has 1 aliphatic carbocycles. The maximum absolute atomic E-state index is 5.76. The fraction of sp³-hybridized carbons (Fsp3) is 0.417. The van der Waals surface area contributed by atoms with Crippen LogP contribution in [0.1, 0.15) is 30.5 Å². The van der Waals surface area contributed by atoms with Gasteiger partial charge >= 0.3 is 0 Å². The van der Waals surface area contributed by atoms with Gasteiger partial charge in [0.25, 0.3) is 0 Å². The van der Waals surface area contributed by atoms with Gasteiger partial charge in [0.05, 0.1) is 11.9 Å². The number of anilines is 2. The predicted molar refractivity (Wildman–Crippen MR) is 69.2 cm³/mol. The van der Waals surface area contributed by atoms with Gasteiger partial charge in [-0.15, -0.1) is 5.10 Å². The molecule has 0 unspecified atom stereocenters. The molecule has 18 heavy (non-hydrogen) atoms. The van der Waals surface area contributed by atoms with E-state index in [0.717, 1.165) is 18.5 Å². The molecule has 3 rings (SSSR count). The fourth-order valence-corrected chi connectivity index (χ4v) is 2.40. The largest absolute Gasteiger partial charge is 0.368 e. The van der Waals surface area contributed by atoms with E-state index < -0.39 is 0 Å². The maximum Gasteiger partial charge on any atom is 0.241 e. The third-order valence-electron chi connectivity index (χ3n) is 3.30. The highest BCUT2D eigenvalue weighted by atomic mass is 15.4. The van der Waals surface area contributed by atoms with E-state index in [4.69, 9.17) is 11.5 Å². The maximum atomic E-state index is 5.76. The van der Waals surface area contributed by atoms with Crippen LogP contribution in [0.25, 0.3) is 5.69 Å². The van der Waals surface area contributed by atoms with Crippen LogP contribution in [0.5, 0.6) is 0 Å². The van der Waals surface area contributed by atoms with Crippen molar-refractivity contribution in [1.29, 1.82) is 0 Å². The van der Waals surface area contributed by atoms with Crippen molar-refractivity contribution in [3.63, 3.8) is 0 Å². The van der Waals surface area contributed by atoms with E-state index in [1.807, 2.05) is 0 Å². The molecule has 0 aromatic carbocycles. The first kappa shape index (κ1) is 11.0. The van der Waals surface area contributed by atoms with E-state index in [-0.39, 0.29) is 5.95 Å². The molecule has 0 amide bonds. The summed E-state index contributed by atoms with van der Waals surface area (Å²) < 4.78 is 1.54. The number of aryl methyl sites for hydroxylation is 2. The molecule has 1 aliphatic rings. The first-order valence-electron chi connectivity index (χ1n) is 6.20. The second-order valence-corrected chi connectivity index (χ2v) is 4.60. The lowest BCUT2D eigenvalue weighted by Gasteiger charge is -2.08. The van der Waals surface area contributed by atoms with Gasteiger partial charge in [-0.05, 0) is 37.3 Å². The van der Waals surface area contributed by atoms with Crippen LogP contribution >= 0.6 is 0 Å².